The summed E-state index contributed by atoms with van der Waals surface area (Å²) in [5.41, 5.74) is 11.8. The lowest BCUT2D eigenvalue weighted by molar-refractivity contribution is 0.447. The van der Waals surface area contributed by atoms with E-state index in [9.17, 15) is 8.78 Å². The Labute approximate surface area is 126 Å². The maximum atomic E-state index is 14.1. The van der Waals surface area contributed by atoms with Crippen LogP contribution in [0.1, 0.15) is 0 Å². The molecule has 1 aliphatic rings. The Bertz CT molecular complexity index is 715. The number of benzene rings is 1. The van der Waals surface area contributed by atoms with Gasteiger partial charge in [0.2, 0.25) is 5.95 Å². The third-order valence-corrected chi connectivity index (χ3v) is 3.75. The highest BCUT2D eigenvalue weighted by molar-refractivity contribution is 5.85. The summed E-state index contributed by atoms with van der Waals surface area (Å²) in [4.78, 5) is 9.94. The normalized spacial score (nSPS) is 15.0. The van der Waals surface area contributed by atoms with Gasteiger partial charge in [0.05, 0.1) is 5.56 Å². The molecule has 0 amide bonds. The molecule has 1 saturated heterocycles. The van der Waals surface area contributed by atoms with Gasteiger partial charge in [-0.25, -0.2) is 8.78 Å². The second kappa shape index (κ2) is 5.38. The monoisotopic (exact) mass is 306 g/mol. The zero-order valence-electron chi connectivity index (χ0n) is 12.0. The minimum Gasteiger partial charge on any atom is -0.383 e. The van der Waals surface area contributed by atoms with Gasteiger partial charge in [0.15, 0.2) is 11.6 Å². The van der Waals surface area contributed by atoms with Crippen molar-refractivity contribution in [2.75, 3.05) is 36.5 Å². The summed E-state index contributed by atoms with van der Waals surface area (Å²) in [7, 11) is 1.86. The second-order valence-corrected chi connectivity index (χ2v) is 5.16. The van der Waals surface area contributed by atoms with E-state index in [1.165, 1.54) is 12.1 Å². The van der Waals surface area contributed by atoms with Gasteiger partial charge in [0.25, 0.3) is 0 Å². The highest BCUT2D eigenvalue weighted by Crippen LogP contribution is 2.37. The molecule has 2 heterocycles. The molecule has 0 bridgehead atoms. The van der Waals surface area contributed by atoms with Crippen LogP contribution in [0.2, 0.25) is 0 Å². The third-order valence-electron chi connectivity index (χ3n) is 3.75. The molecule has 8 heteroatoms. The van der Waals surface area contributed by atoms with E-state index in [-0.39, 0.29) is 22.9 Å². The minimum atomic E-state index is -0.977. The van der Waals surface area contributed by atoms with Gasteiger partial charge >= 0.3 is 0 Å². The van der Waals surface area contributed by atoms with Gasteiger partial charge in [-0.2, -0.15) is 9.97 Å². The van der Waals surface area contributed by atoms with Gasteiger partial charge < -0.3 is 21.7 Å². The lowest BCUT2D eigenvalue weighted by Crippen LogP contribution is -2.57. The Morgan fingerprint density at radius 2 is 1.95 bits per heavy atom. The first-order valence-electron chi connectivity index (χ1n) is 6.80. The van der Waals surface area contributed by atoms with E-state index in [0.29, 0.717) is 24.9 Å². The van der Waals surface area contributed by atoms with E-state index >= 15 is 0 Å². The van der Waals surface area contributed by atoms with Crippen molar-refractivity contribution in [3.8, 4) is 11.1 Å². The fourth-order valence-corrected chi connectivity index (χ4v) is 2.50. The fourth-order valence-electron chi connectivity index (χ4n) is 2.50. The first-order chi connectivity index (χ1) is 10.5. The number of halogens is 2. The largest absolute Gasteiger partial charge is 0.383 e. The summed E-state index contributed by atoms with van der Waals surface area (Å²) in [6.45, 7) is 1.35. The first kappa shape index (κ1) is 14.5. The molecule has 2 aromatic rings. The first-order valence-corrected chi connectivity index (χ1v) is 6.80. The van der Waals surface area contributed by atoms with E-state index < -0.39 is 11.6 Å². The molecular formula is C14H16F2N6. The number of rotatable bonds is 3. The number of hydrogen-bond donors (Lipinski definition) is 3. The molecule has 22 heavy (non-hydrogen) atoms. The van der Waals surface area contributed by atoms with E-state index in [4.69, 9.17) is 11.5 Å². The highest BCUT2D eigenvalue weighted by atomic mass is 19.2. The Morgan fingerprint density at radius 3 is 2.64 bits per heavy atom. The quantitative estimate of drug-likeness (QED) is 0.783. The van der Waals surface area contributed by atoms with Gasteiger partial charge in [0, 0.05) is 24.7 Å². The number of nitrogens with zero attached hydrogens (tertiary/aromatic N) is 3. The molecule has 6 nitrogen and oxygen atoms in total. The molecule has 0 radical (unpaired) electrons. The molecule has 1 aromatic carbocycles. The summed E-state index contributed by atoms with van der Waals surface area (Å²) in [6, 6.07) is 4.22. The zero-order chi connectivity index (χ0) is 15.9. The SMILES string of the molecule is CNC1CN(c2nc(N)nc(N)c2-c2cccc(F)c2F)C1. The molecular weight excluding hydrogens is 290 g/mol. The van der Waals surface area contributed by atoms with Crippen LogP contribution in [0.3, 0.4) is 0 Å². The zero-order valence-corrected chi connectivity index (χ0v) is 12.0. The van der Waals surface area contributed by atoms with Crippen molar-refractivity contribution in [2.24, 2.45) is 0 Å². The van der Waals surface area contributed by atoms with E-state index in [0.717, 1.165) is 6.07 Å². The van der Waals surface area contributed by atoms with Crippen molar-refractivity contribution < 1.29 is 8.78 Å². The molecule has 1 aliphatic heterocycles. The molecule has 3 rings (SSSR count). The lowest BCUT2D eigenvalue weighted by atomic mass is 10.0. The van der Waals surface area contributed by atoms with Crippen LogP contribution in [-0.4, -0.2) is 36.1 Å². The predicted octanol–water partition coefficient (Wildman–Crippen LogP) is 0.994. The molecule has 0 atom stereocenters. The summed E-state index contributed by atoms with van der Waals surface area (Å²) in [5.74, 6) is -1.48. The van der Waals surface area contributed by atoms with Gasteiger partial charge in [0.1, 0.15) is 11.6 Å². The van der Waals surface area contributed by atoms with Crippen molar-refractivity contribution in [1.82, 2.24) is 15.3 Å². The molecule has 0 spiro atoms. The standard InChI is InChI=1S/C14H16F2N6/c1-19-7-5-22(6-7)13-10(12(17)20-14(18)21-13)8-3-2-4-9(15)11(8)16/h2-4,7,19H,5-6H2,1H3,(H4,17,18,20,21). The van der Waals surface area contributed by atoms with E-state index in [2.05, 4.69) is 15.3 Å². The smallest absolute Gasteiger partial charge is 0.223 e. The average molecular weight is 306 g/mol. The fraction of sp³-hybridized carbons (Fsp3) is 0.286. The molecule has 0 unspecified atom stereocenters. The topological polar surface area (TPSA) is 93.1 Å². The molecule has 5 N–H and O–H groups in total. The molecule has 1 aromatic heterocycles. The minimum absolute atomic E-state index is 0.000897. The van der Waals surface area contributed by atoms with Crippen molar-refractivity contribution in [1.29, 1.82) is 0 Å². The maximum Gasteiger partial charge on any atom is 0.223 e. The number of hydrogen-bond acceptors (Lipinski definition) is 6. The van der Waals surface area contributed by atoms with Crippen LogP contribution < -0.4 is 21.7 Å². The van der Waals surface area contributed by atoms with Crippen LogP contribution in [0.4, 0.5) is 26.4 Å². The molecule has 116 valence electrons. The predicted molar refractivity (Wildman–Crippen MR) is 81.3 cm³/mol. The summed E-state index contributed by atoms with van der Waals surface area (Å²) in [6.07, 6.45) is 0. The average Bonchev–Trinajstić information content (AvgIpc) is 2.41. The van der Waals surface area contributed by atoms with Crippen LogP contribution in [0.5, 0.6) is 0 Å². The number of nitrogens with two attached hydrogens (primary N) is 2. The van der Waals surface area contributed by atoms with Gasteiger partial charge in [-0.15, -0.1) is 0 Å². The summed E-state index contributed by atoms with van der Waals surface area (Å²) < 4.78 is 27.6. The van der Waals surface area contributed by atoms with Gasteiger partial charge in [-0.3, -0.25) is 0 Å². The highest BCUT2D eigenvalue weighted by Gasteiger charge is 2.31. The Kier molecular flexibility index (Phi) is 3.53. The number of likely N-dealkylation sites (N-methyl/N-ethyl adjacent to an activating group) is 1. The third kappa shape index (κ3) is 2.31. The Balaban J connectivity index is 2.12. The van der Waals surface area contributed by atoms with Gasteiger partial charge in [-0.1, -0.05) is 12.1 Å². The number of nitrogen functional groups attached to an aromatic ring is 2. The van der Waals surface area contributed by atoms with Crippen LogP contribution >= 0.6 is 0 Å². The Morgan fingerprint density at radius 1 is 1.23 bits per heavy atom. The lowest BCUT2D eigenvalue weighted by Gasteiger charge is -2.40. The van der Waals surface area contributed by atoms with Crippen LogP contribution in [-0.2, 0) is 0 Å². The van der Waals surface area contributed by atoms with Crippen molar-refractivity contribution >= 4 is 17.6 Å². The van der Waals surface area contributed by atoms with Crippen LogP contribution in [0, 0.1) is 11.6 Å². The molecule has 0 saturated carbocycles. The summed E-state index contributed by atoms with van der Waals surface area (Å²) in [5, 5.41) is 3.13. The van der Waals surface area contributed by atoms with Crippen molar-refractivity contribution in [3.63, 3.8) is 0 Å². The van der Waals surface area contributed by atoms with E-state index in [1.807, 2.05) is 11.9 Å². The maximum absolute atomic E-state index is 14.1. The summed E-state index contributed by atoms with van der Waals surface area (Å²) >= 11 is 0. The van der Waals surface area contributed by atoms with Crippen LogP contribution in [0.25, 0.3) is 11.1 Å². The molecule has 0 aliphatic carbocycles. The van der Waals surface area contributed by atoms with Gasteiger partial charge in [-0.05, 0) is 13.1 Å². The molecule has 1 fully saturated rings. The van der Waals surface area contributed by atoms with Crippen molar-refractivity contribution in [3.05, 3.63) is 29.8 Å². The van der Waals surface area contributed by atoms with Crippen molar-refractivity contribution in [2.45, 2.75) is 6.04 Å². The number of aromatic nitrogens is 2. The van der Waals surface area contributed by atoms with E-state index in [1.54, 1.807) is 0 Å². The number of anilines is 3. The Hall–Kier alpha value is -2.48. The second-order valence-electron chi connectivity index (χ2n) is 5.16. The van der Waals surface area contributed by atoms with Crippen LogP contribution in [0.15, 0.2) is 18.2 Å². The number of nitrogens with one attached hydrogen (secondary N) is 1.